The van der Waals surface area contributed by atoms with E-state index in [1.165, 1.54) is 6.33 Å². The first kappa shape index (κ1) is 18.8. The number of nitro groups is 1. The van der Waals surface area contributed by atoms with E-state index < -0.39 is 10.8 Å². The first-order chi connectivity index (χ1) is 13.6. The smallest absolute Gasteiger partial charge is 0.321 e. The summed E-state index contributed by atoms with van der Waals surface area (Å²) in [4.78, 5) is 33.1. The molecule has 0 saturated carbocycles. The van der Waals surface area contributed by atoms with Crippen LogP contribution in [-0.2, 0) is 0 Å². The molecule has 0 aliphatic carbocycles. The molecule has 0 spiro atoms. The van der Waals surface area contributed by atoms with Crippen LogP contribution in [0.2, 0.25) is 0 Å². The summed E-state index contributed by atoms with van der Waals surface area (Å²) in [6.45, 7) is 2.32. The Morgan fingerprint density at radius 3 is 2.32 bits per heavy atom. The number of carbonyl (C=O) groups is 1. The van der Waals surface area contributed by atoms with Crippen molar-refractivity contribution in [3.05, 3.63) is 82.7 Å². The number of anilines is 3. The van der Waals surface area contributed by atoms with Gasteiger partial charge < -0.3 is 4.90 Å². The van der Waals surface area contributed by atoms with E-state index in [1.54, 1.807) is 35.2 Å². The second kappa shape index (κ2) is 8.58. The molecule has 2 aromatic carbocycles. The second-order valence-electron chi connectivity index (χ2n) is 5.68. The van der Waals surface area contributed by atoms with Gasteiger partial charge in [0.15, 0.2) is 0 Å². The van der Waals surface area contributed by atoms with Crippen LogP contribution < -0.4 is 15.8 Å². The second-order valence-corrected chi connectivity index (χ2v) is 5.68. The third-order valence-corrected chi connectivity index (χ3v) is 3.96. The molecular formula is C19H18N6O3. The van der Waals surface area contributed by atoms with Gasteiger partial charge in [-0.3, -0.25) is 25.8 Å². The van der Waals surface area contributed by atoms with E-state index in [0.717, 1.165) is 5.69 Å². The van der Waals surface area contributed by atoms with Crippen LogP contribution in [0.15, 0.2) is 67.0 Å². The fraction of sp³-hybridized carbons (Fsp3) is 0.105. The van der Waals surface area contributed by atoms with Gasteiger partial charge in [-0.1, -0.05) is 36.4 Å². The average Bonchev–Trinajstić information content (AvgIpc) is 2.74. The van der Waals surface area contributed by atoms with Crippen molar-refractivity contribution in [2.75, 3.05) is 16.9 Å². The molecule has 0 aliphatic heterocycles. The van der Waals surface area contributed by atoms with E-state index in [1.807, 2.05) is 37.3 Å². The molecule has 0 unspecified atom stereocenters. The summed E-state index contributed by atoms with van der Waals surface area (Å²) >= 11 is 0. The van der Waals surface area contributed by atoms with Gasteiger partial charge >= 0.3 is 5.69 Å². The molecule has 2 N–H and O–H groups in total. The highest BCUT2D eigenvalue weighted by Gasteiger charge is 2.27. The van der Waals surface area contributed by atoms with Gasteiger partial charge in [0.2, 0.25) is 11.6 Å². The van der Waals surface area contributed by atoms with Crippen LogP contribution in [-0.4, -0.2) is 27.3 Å². The largest absolute Gasteiger partial charge is 0.355 e. The highest BCUT2D eigenvalue weighted by molar-refractivity contribution is 5.95. The Labute approximate surface area is 161 Å². The number of hydrogen-bond donors (Lipinski definition) is 2. The summed E-state index contributed by atoms with van der Waals surface area (Å²) < 4.78 is 0. The van der Waals surface area contributed by atoms with Gasteiger partial charge in [0.25, 0.3) is 5.91 Å². The van der Waals surface area contributed by atoms with Crippen molar-refractivity contribution in [2.24, 2.45) is 0 Å². The van der Waals surface area contributed by atoms with Crippen molar-refractivity contribution < 1.29 is 9.72 Å². The molecule has 9 heteroatoms. The number of nitrogens with one attached hydrogen (secondary N) is 2. The van der Waals surface area contributed by atoms with E-state index in [-0.39, 0.29) is 17.3 Å². The molecule has 28 heavy (non-hydrogen) atoms. The zero-order valence-electron chi connectivity index (χ0n) is 15.1. The van der Waals surface area contributed by atoms with Crippen LogP contribution in [0, 0.1) is 10.1 Å². The van der Waals surface area contributed by atoms with Gasteiger partial charge in [0, 0.05) is 17.8 Å². The van der Waals surface area contributed by atoms with Crippen LogP contribution in [0.25, 0.3) is 0 Å². The number of para-hydroxylation sites is 1. The Hall–Kier alpha value is -4.01. The minimum absolute atomic E-state index is 0.103. The fourth-order valence-corrected chi connectivity index (χ4v) is 2.67. The molecule has 0 radical (unpaired) electrons. The Kier molecular flexibility index (Phi) is 5.75. The molecule has 0 fully saturated rings. The van der Waals surface area contributed by atoms with E-state index in [9.17, 15) is 14.9 Å². The number of rotatable bonds is 7. The molecule has 0 aliphatic rings. The van der Waals surface area contributed by atoms with E-state index >= 15 is 0 Å². The number of nitrogens with zero attached hydrogens (tertiary/aromatic N) is 4. The summed E-state index contributed by atoms with van der Waals surface area (Å²) in [5.41, 5.74) is 5.81. The number of carbonyl (C=O) groups excluding carboxylic acids is 1. The molecule has 142 valence electrons. The highest BCUT2D eigenvalue weighted by Crippen LogP contribution is 2.35. The van der Waals surface area contributed by atoms with Gasteiger partial charge in [-0.25, -0.2) is 9.97 Å². The highest BCUT2D eigenvalue weighted by atomic mass is 16.6. The van der Waals surface area contributed by atoms with Crippen molar-refractivity contribution in [3.8, 4) is 0 Å². The lowest BCUT2D eigenvalue weighted by Crippen LogP contribution is -2.30. The van der Waals surface area contributed by atoms with Crippen molar-refractivity contribution in [3.63, 3.8) is 0 Å². The van der Waals surface area contributed by atoms with Crippen molar-refractivity contribution >= 4 is 28.9 Å². The summed E-state index contributed by atoms with van der Waals surface area (Å²) in [6, 6.07) is 17.7. The first-order valence-corrected chi connectivity index (χ1v) is 8.55. The maximum atomic E-state index is 12.2. The first-order valence-electron chi connectivity index (χ1n) is 8.55. The normalized spacial score (nSPS) is 10.2. The fourth-order valence-electron chi connectivity index (χ4n) is 2.67. The summed E-state index contributed by atoms with van der Waals surface area (Å²) in [7, 11) is 0. The Morgan fingerprint density at radius 2 is 1.71 bits per heavy atom. The lowest BCUT2D eigenvalue weighted by Gasteiger charge is -2.22. The molecule has 3 aromatic rings. The number of hydrazine groups is 1. The molecule has 0 saturated heterocycles. The minimum atomic E-state index is -0.571. The Bertz CT molecular complexity index is 966. The predicted octanol–water partition coefficient (Wildman–Crippen LogP) is 3.30. The number of hydrogen-bond acceptors (Lipinski definition) is 7. The summed E-state index contributed by atoms with van der Waals surface area (Å²) in [5, 5.41) is 11.8. The Balaban J connectivity index is 1.91. The van der Waals surface area contributed by atoms with Crippen LogP contribution >= 0.6 is 0 Å². The van der Waals surface area contributed by atoms with Crippen molar-refractivity contribution in [1.82, 2.24) is 15.4 Å². The number of amides is 1. The number of benzene rings is 2. The summed E-state index contributed by atoms with van der Waals surface area (Å²) in [5.74, 6) is -0.413. The van der Waals surface area contributed by atoms with Gasteiger partial charge in [-0.2, -0.15) is 0 Å². The maximum Gasteiger partial charge on any atom is 0.355 e. The van der Waals surface area contributed by atoms with E-state index in [0.29, 0.717) is 12.1 Å². The minimum Gasteiger partial charge on any atom is -0.321 e. The summed E-state index contributed by atoms with van der Waals surface area (Å²) in [6.07, 6.45) is 1.21. The molecule has 1 heterocycles. The molecule has 3 rings (SSSR count). The maximum absolute atomic E-state index is 12.2. The molecule has 0 bridgehead atoms. The molecule has 9 nitrogen and oxygen atoms in total. The van der Waals surface area contributed by atoms with Crippen LogP contribution in [0.3, 0.4) is 0 Å². The lowest BCUT2D eigenvalue weighted by molar-refractivity contribution is -0.383. The van der Waals surface area contributed by atoms with Crippen LogP contribution in [0.1, 0.15) is 17.3 Å². The van der Waals surface area contributed by atoms with Crippen molar-refractivity contribution in [1.29, 1.82) is 0 Å². The third kappa shape index (κ3) is 4.04. The predicted molar refractivity (Wildman–Crippen MR) is 105 cm³/mol. The van der Waals surface area contributed by atoms with Gasteiger partial charge in [-0.05, 0) is 31.2 Å². The van der Waals surface area contributed by atoms with Gasteiger partial charge in [0.1, 0.15) is 6.33 Å². The lowest BCUT2D eigenvalue weighted by atomic mass is 10.2. The standard InChI is InChI=1S/C19H18N6O3/c1-2-24(15-11-7-4-8-12-15)18-16(25(27)28)17(20-13-21-18)22-23-19(26)14-9-5-3-6-10-14/h3-13H,2H2,1H3,(H,23,26)(H,20,21,22). The zero-order valence-corrected chi connectivity index (χ0v) is 15.1. The van der Waals surface area contributed by atoms with Gasteiger partial charge in [-0.15, -0.1) is 0 Å². The van der Waals surface area contributed by atoms with E-state index in [4.69, 9.17) is 0 Å². The molecular weight excluding hydrogens is 360 g/mol. The molecule has 0 atom stereocenters. The Morgan fingerprint density at radius 1 is 1.07 bits per heavy atom. The average molecular weight is 378 g/mol. The van der Waals surface area contributed by atoms with E-state index in [2.05, 4.69) is 20.8 Å². The zero-order chi connectivity index (χ0) is 19.9. The van der Waals surface area contributed by atoms with Crippen molar-refractivity contribution in [2.45, 2.75) is 6.92 Å². The van der Waals surface area contributed by atoms with Crippen LogP contribution in [0.5, 0.6) is 0 Å². The molecule has 1 aromatic heterocycles. The topological polar surface area (TPSA) is 113 Å². The number of aromatic nitrogens is 2. The quantitative estimate of drug-likeness (QED) is 0.479. The van der Waals surface area contributed by atoms with Gasteiger partial charge in [0.05, 0.1) is 4.92 Å². The third-order valence-electron chi connectivity index (χ3n) is 3.96. The monoisotopic (exact) mass is 378 g/mol. The van der Waals surface area contributed by atoms with Crippen LogP contribution in [0.4, 0.5) is 23.0 Å². The molecule has 1 amide bonds. The SMILES string of the molecule is CCN(c1ccccc1)c1ncnc(NNC(=O)c2ccccc2)c1[N+](=O)[O-].